The van der Waals surface area contributed by atoms with Gasteiger partial charge in [0.25, 0.3) is 0 Å². The molecule has 0 bridgehead atoms. The standard InChI is InChI=1S/2BrH.4H2O.Ti/h2*1H;4*1H2;/q;;;;;;+2/p-2. The summed E-state index contributed by atoms with van der Waals surface area (Å²) >= 11 is 6.50. The summed E-state index contributed by atoms with van der Waals surface area (Å²) in [5.74, 6) is 0. The van der Waals surface area contributed by atoms with E-state index in [9.17, 15) is 0 Å². The van der Waals surface area contributed by atoms with Crippen LogP contribution in [0.5, 0.6) is 0 Å². The molecule has 0 saturated carbocycles. The van der Waals surface area contributed by atoms with Crippen molar-refractivity contribution in [2.45, 2.75) is 0 Å². The molecule has 0 unspecified atom stereocenters. The Morgan fingerprint density at radius 3 is 0.714 bits per heavy atom. The van der Waals surface area contributed by atoms with Crippen molar-refractivity contribution in [1.82, 2.24) is 0 Å². The van der Waals surface area contributed by atoms with E-state index in [4.69, 9.17) is 0 Å². The Balaban J connectivity index is -0.00000000333. The summed E-state index contributed by atoms with van der Waals surface area (Å²) in [6.45, 7) is 0. The minimum absolute atomic E-state index is 0. The van der Waals surface area contributed by atoms with Crippen molar-refractivity contribution >= 4 is 26.3 Å². The molecule has 0 aliphatic carbocycles. The molecule has 0 amide bonds. The molecular weight excluding hydrogens is 272 g/mol. The first-order valence-electron chi connectivity index (χ1n) is 0.378. The molecule has 0 aromatic carbocycles. The van der Waals surface area contributed by atoms with Crippen LogP contribution in [0.15, 0.2) is 0 Å². The van der Waals surface area contributed by atoms with Crippen LogP contribution in [0.2, 0.25) is 0 Å². The summed E-state index contributed by atoms with van der Waals surface area (Å²) in [6.07, 6.45) is 0. The molecule has 0 atom stereocenters. The Hall–Kier alpha value is 1.51. The fourth-order valence-corrected chi connectivity index (χ4v) is 0. The molecule has 0 saturated heterocycles. The van der Waals surface area contributed by atoms with Crippen molar-refractivity contribution in [3.05, 3.63) is 0 Å². The van der Waals surface area contributed by atoms with Crippen molar-refractivity contribution in [1.29, 1.82) is 0 Å². The first-order valence-corrected chi connectivity index (χ1v) is 8.10. The zero-order valence-corrected chi connectivity index (χ0v) is 7.99. The van der Waals surface area contributed by atoms with Gasteiger partial charge in [0.05, 0.1) is 0 Å². The monoisotopic (exact) mass is 278 g/mol. The van der Waals surface area contributed by atoms with E-state index < -0.39 is 0 Å². The van der Waals surface area contributed by atoms with Gasteiger partial charge in [-0.25, -0.2) is 0 Å². The van der Waals surface area contributed by atoms with Gasteiger partial charge in [-0.2, -0.15) is 0 Å². The Kier molecular flexibility index (Phi) is 281. The second-order valence-electron chi connectivity index (χ2n) is 0.0714. The third-order valence-corrected chi connectivity index (χ3v) is 0. The molecule has 0 radical (unpaired) electrons. The molecule has 0 spiro atoms. The van der Waals surface area contributed by atoms with Crippen LogP contribution in [0.25, 0.3) is 0 Å². The van der Waals surface area contributed by atoms with Gasteiger partial charge in [0, 0.05) is 0 Å². The van der Waals surface area contributed by atoms with E-state index in [0.29, 0.717) is 0 Å². The third kappa shape index (κ3) is 99.6. The van der Waals surface area contributed by atoms with Gasteiger partial charge < -0.3 is 21.9 Å². The van der Waals surface area contributed by atoms with Gasteiger partial charge in [-0.1, -0.05) is 0 Å². The normalized spacial score (nSPS) is 2.00. The molecular formula is H8Br2O4Ti. The van der Waals surface area contributed by atoms with Crippen LogP contribution in [-0.4, -0.2) is 21.9 Å². The van der Waals surface area contributed by atoms with E-state index >= 15 is 0 Å². The number of hydrogen-bond acceptors (Lipinski definition) is 0. The van der Waals surface area contributed by atoms with Crippen LogP contribution in [0.1, 0.15) is 0 Å². The van der Waals surface area contributed by atoms with E-state index in [2.05, 4.69) is 26.3 Å². The second kappa shape index (κ2) is 50.4. The van der Waals surface area contributed by atoms with E-state index in [0.717, 1.165) is 0 Å². The fraction of sp³-hybridized carbons (Fsp3) is 0. The first-order chi connectivity index (χ1) is 1.41. The van der Waals surface area contributed by atoms with Gasteiger partial charge >= 0.3 is 41.3 Å². The second-order valence-corrected chi connectivity index (χ2v) is 7.95. The molecule has 7 heteroatoms. The Labute approximate surface area is 62.9 Å². The zero-order valence-electron chi connectivity index (χ0n) is 3.26. The van der Waals surface area contributed by atoms with E-state index in [1.807, 2.05) is 0 Å². The van der Waals surface area contributed by atoms with E-state index in [1.165, 1.54) is 0 Å². The van der Waals surface area contributed by atoms with Crippen molar-refractivity contribution in [2.75, 3.05) is 0 Å². The maximum absolute atomic E-state index is 3.19. The summed E-state index contributed by atoms with van der Waals surface area (Å²) < 4.78 is 0. The quantitative estimate of drug-likeness (QED) is 0.473. The van der Waals surface area contributed by atoms with Crippen molar-refractivity contribution in [2.24, 2.45) is 0 Å². The molecule has 0 fully saturated rings. The predicted molar refractivity (Wildman–Crippen MR) is 32.3 cm³/mol. The average molecular weight is 280 g/mol. The summed E-state index contributed by atoms with van der Waals surface area (Å²) in [7, 11) is 0. The Morgan fingerprint density at radius 2 is 0.714 bits per heavy atom. The van der Waals surface area contributed by atoms with Crippen LogP contribution >= 0.6 is 26.3 Å². The molecule has 0 rings (SSSR count). The first kappa shape index (κ1) is 38.9. The Bertz CT molecular complexity index is 9.65. The van der Waals surface area contributed by atoms with Crippen LogP contribution in [-0.2, 0) is 15.0 Å². The Morgan fingerprint density at radius 1 is 0.714 bits per heavy atom. The third-order valence-electron chi connectivity index (χ3n) is 0. The fourth-order valence-electron chi connectivity index (χ4n) is 0. The van der Waals surface area contributed by atoms with E-state index in [1.54, 1.807) is 0 Å². The van der Waals surface area contributed by atoms with Crippen LogP contribution < -0.4 is 0 Å². The predicted octanol–water partition coefficient (Wildman–Crippen LogP) is -1.61. The topological polar surface area (TPSA) is 126 Å². The van der Waals surface area contributed by atoms with Crippen molar-refractivity contribution < 1.29 is 36.9 Å². The number of hydrogen-bond donors (Lipinski definition) is 0. The molecule has 7 heavy (non-hydrogen) atoms. The van der Waals surface area contributed by atoms with Gasteiger partial charge in [-0.15, -0.1) is 0 Å². The van der Waals surface area contributed by atoms with E-state index in [-0.39, 0.29) is 36.9 Å². The van der Waals surface area contributed by atoms with Crippen molar-refractivity contribution in [3.63, 3.8) is 0 Å². The molecule has 0 aromatic heterocycles. The van der Waals surface area contributed by atoms with Crippen LogP contribution in [0, 0.1) is 0 Å². The summed E-state index contributed by atoms with van der Waals surface area (Å²) in [4.78, 5) is 0. The summed E-state index contributed by atoms with van der Waals surface area (Å²) in [5, 5.41) is 0. The molecule has 4 nitrogen and oxygen atoms in total. The van der Waals surface area contributed by atoms with Gasteiger partial charge in [0.15, 0.2) is 0 Å². The molecule has 0 aromatic rings. The zero-order chi connectivity index (χ0) is 2.71. The molecule has 8 N–H and O–H groups in total. The van der Waals surface area contributed by atoms with Crippen molar-refractivity contribution in [3.8, 4) is 0 Å². The minimum atomic E-state index is 0. The molecule has 0 aliphatic heterocycles. The van der Waals surface area contributed by atoms with Crippen LogP contribution in [0.3, 0.4) is 0 Å². The SMILES string of the molecule is O.O.O.O.[Br][Ti][Br]. The molecule has 0 heterocycles. The molecule has 50 valence electrons. The summed E-state index contributed by atoms with van der Waals surface area (Å²) in [6, 6.07) is 0. The maximum atomic E-state index is 3.19. The van der Waals surface area contributed by atoms with Gasteiger partial charge in [0.1, 0.15) is 0 Å². The number of rotatable bonds is 0. The molecule has 0 aliphatic rings. The summed E-state index contributed by atoms with van der Waals surface area (Å²) in [5.41, 5.74) is 0. The average Bonchev–Trinajstić information content (AvgIpc) is 0.918. The van der Waals surface area contributed by atoms with Gasteiger partial charge in [-0.05, 0) is 0 Å². The number of halogens is 2. The van der Waals surface area contributed by atoms with Gasteiger partial charge in [0.2, 0.25) is 0 Å². The van der Waals surface area contributed by atoms with Gasteiger partial charge in [-0.3, -0.25) is 0 Å². The van der Waals surface area contributed by atoms with Crippen LogP contribution in [0.4, 0.5) is 0 Å².